The molecule has 1 aliphatic rings. The van der Waals surface area contributed by atoms with E-state index in [0.29, 0.717) is 12.5 Å². The number of nitrogens with zero attached hydrogens (tertiary/aromatic N) is 1. The second-order valence-corrected chi connectivity index (χ2v) is 5.28. The number of aliphatic hydroxyl groups is 1. The zero-order valence-electron chi connectivity index (χ0n) is 10.1. The first-order valence-electron chi connectivity index (χ1n) is 6.35. The summed E-state index contributed by atoms with van der Waals surface area (Å²) in [5, 5.41) is 9.88. The standard InChI is InChI=1S/C14H20ClNO/c15-14-3-1-12(2-4-14)5-8-16-9-6-13(11-17)7-10-16/h1-4,13,17H,5-11H2. The molecular weight excluding hydrogens is 234 g/mol. The van der Waals surface area contributed by atoms with Crippen molar-refractivity contribution in [2.24, 2.45) is 5.92 Å². The minimum atomic E-state index is 0.352. The molecule has 0 bridgehead atoms. The average Bonchev–Trinajstić information content (AvgIpc) is 2.39. The fourth-order valence-electron chi connectivity index (χ4n) is 2.33. The van der Waals surface area contributed by atoms with Gasteiger partial charge in [-0.1, -0.05) is 23.7 Å². The third-order valence-electron chi connectivity index (χ3n) is 3.60. The quantitative estimate of drug-likeness (QED) is 0.892. The number of rotatable bonds is 4. The highest BCUT2D eigenvalue weighted by Gasteiger charge is 2.17. The van der Waals surface area contributed by atoms with Gasteiger partial charge in [-0.25, -0.2) is 0 Å². The van der Waals surface area contributed by atoms with Gasteiger partial charge in [0.1, 0.15) is 0 Å². The molecule has 17 heavy (non-hydrogen) atoms. The van der Waals surface area contributed by atoms with Crippen LogP contribution in [-0.4, -0.2) is 36.2 Å². The van der Waals surface area contributed by atoms with Crippen molar-refractivity contribution in [3.05, 3.63) is 34.9 Å². The van der Waals surface area contributed by atoms with E-state index in [-0.39, 0.29) is 0 Å². The fourth-order valence-corrected chi connectivity index (χ4v) is 2.46. The van der Waals surface area contributed by atoms with Crippen LogP contribution in [0, 0.1) is 5.92 Å². The molecule has 2 nitrogen and oxygen atoms in total. The van der Waals surface area contributed by atoms with Crippen molar-refractivity contribution in [3.63, 3.8) is 0 Å². The van der Waals surface area contributed by atoms with Crippen LogP contribution in [0.1, 0.15) is 18.4 Å². The Kier molecular flexibility index (Phi) is 4.84. The van der Waals surface area contributed by atoms with E-state index < -0.39 is 0 Å². The number of aliphatic hydroxyl groups excluding tert-OH is 1. The van der Waals surface area contributed by atoms with E-state index in [2.05, 4.69) is 17.0 Å². The van der Waals surface area contributed by atoms with Crippen LogP contribution in [0.5, 0.6) is 0 Å². The normalized spacial score (nSPS) is 18.5. The Labute approximate surface area is 108 Å². The first-order chi connectivity index (χ1) is 8.28. The van der Waals surface area contributed by atoms with E-state index in [0.717, 1.165) is 43.9 Å². The van der Waals surface area contributed by atoms with Gasteiger partial charge in [0, 0.05) is 18.2 Å². The minimum absolute atomic E-state index is 0.352. The van der Waals surface area contributed by atoms with Crippen LogP contribution in [0.25, 0.3) is 0 Å². The molecule has 0 saturated carbocycles. The third-order valence-corrected chi connectivity index (χ3v) is 3.85. The number of hydrogen-bond donors (Lipinski definition) is 1. The maximum atomic E-state index is 9.08. The topological polar surface area (TPSA) is 23.5 Å². The van der Waals surface area contributed by atoms with Crippen molar-refractivity contribution in [3.8, 4) is 0 Å². The predicted molar refractivity (Wildman–Crippen MR) is 71.4 cm³/mol. The predicted octanol–water partition coefficient (Wildman–Crippen LogP) is 2.59. The number of hydrogen-bond acceptors (Lipinski definition) is 2. The van der Waals surface area contributed by atoms with Gasteiger partial charge in [-0.05, 0) is 56.0 Å². The molecule has 1 aromatic carbocycles. The van der Waals surface area contributed by atoms with Crippen LogP contribution in [0.3, 0.4) is 0 Å². The molecule has 1 heterocycles. The average molecular weight is 254 g/mol. The minimum Gasteiger partial charge on any atom is -0.396 e. The Balaban J connectivity index is 1.74. The van der Waals surface area contributed by atoms with Gasteiger partial charge in [-0.3, -0.25) is 0 Å². The van der Waals surface area contributed by atoms with Gasteiger partial charge in [0.15, 0.2) is 0 Å². The third kappa shape index (κ3) is 3.98. The maximum Gasteiger partial charge on any atom is 0.0460 e. The maximum absolute atomic E-state index is 9.08. The molecule has 1 fully saturated rings. The summed E-state index contributed by atoms with van der Waals surface area (Å²) in [7, 11) is 0. The van der Waals surface area contributed by atoms with Crippen molar-refractivity contribution in [2.75, 3.05) is 26.2 Å². The van der Waals surface area contributed by atoms with Crippen LogP contribution < -0.4 is 0 Å². The number of halogens is 1. The van der Waals surface area contributed by atoms with Gasteiger partial charge in [-0.2, -0.15) is 0 Å². The van der Waals surface area contributed by atoms with Crippen molar-refractivity contribution >= 4 is 11.6 Å². The Hall–Kier alpha value is -0.570. The van der Waals surface area contributed by atoms with E-state index in [1.165, 1.54) is 5.56 Å². The van der Waals surface area contributed by atoms with Gasteiger partial charge in [-0.15, -0.1) is 0 Å². The first kappa shape index (κ1) is 12.9. The molecule has 0 unspecified atom stereocenters. The van der Waals surface area contributed by atoms with Gasteiger partial charge in [0.05, 0.1) is 0 Å². The first-order valence-corrected chi connectivity index (χ1v) is 6.73. The summed E-state index contributed by atoms with van der Waals surface area (Å²) in [6, 6.07) is 8.11. The lowest BCUT2D eigenvalue weighted by Gasteiger charge is -2.30. The van der Waals surface area contributed by atoms with Gasteiger partial charge >= 0.3 is 0 Å². The summed E-state index contributed by atoms with van der Waals surface area (Å²) < 4.78 is 0. The second-order valence-electron chi connectivity index (χ2n) is 4.84. The number of benzene rings is 1. The van der Waals surface area contributed by atoms with E-state index in [1.54, 1.807) is 0 Å². The van der Waals surface area contributed by atoms with Gasteiger partial charge in [0.25, 0.3) is 0 Å². The van der Waals surface area contributed by atoms with E-state index in [1.807, 2.05) is 12.1 Å². The Morgan fingerprint density at radius 1 is 1.18 bits per heavy atom. The smallest absolute Gasteiger partial charge is 0.0460 e. The lowest BCUT2D eigenvalue weighted by atomic mass is 9.97. The second kappa shape index (κ2) is 6.39. The zero-order valence-corrected chi connectivity index (χ0v) is 10.9. The van der Waals surface area contributed by atoms with Crippen LogP contribution in [0.4, 0.5) is 0 Å². The van der Waals surface area contributed by atoms with Crippen molar-refractivity contribution in [2.45, 2.75) is 19.3 Å². The highest BCUT2D eigenvalue weighted by molar-refractivity contribution is 6.30. The van der Waals surface area contributed by atoms with E-state index in [9.17, 15) is 0 Å². The highest BCUT2D eigenvalue weighted by atomic mass is 35.5. The molecule has 3 heteroatoms. The molecule has 1 aliphatic heterocycles. The molecule has 0 radical (unpaired) electrons. The summed E-state index contributed by atoms with van der Waals surface area (Å²) in [5.74, 6) is 0.529. The van der Waals surface area contributed by atoms with Crippen LogP contribution in [0.2, 0.25) is 5.02 Å². The lowest BCUT2D eigenvalue weighted by molar-refractivity contribution is 0.132. The molecule has 1 saturated heterocycles. The molecule has 1 N–H and O–H groups in total. The van der Waals surface area contributed by atoms with E-state index in [4.69, 9.17) is 16.7 Å². The molecular formula is C14H20ClNO. The molecule has 2 rings (SSSR count). The monoisotopic (exact) mass is 253 g/mol. The molecule has 0 aromatic heterocycles. The summed E-state index contributed by atoms with van der Waals surface area (Å²) in [5.41, 5.74) is 1.35. The Morgan fingerprint density at radius 2 is 1.82 bits per heavy atom. The summed E-state index contributed by atoms with van der Waals surface area (Å²) in [6.07, 6.45) is 3.36. The van der Waals surface area contributed by atoms with Crippen molar-refractivity contribution in [1.82, 2.24) is 4.90 Å². The van der Waals surface area contributed by atoms with Gasteiger partial charge in [0.2, 0.25) is 0 Å². The SMILES string of the molecule is OCC1CCN(CCc2ccc(Cl)cc2)CC1. The molecule has 1 aromatic rings. The van der Waals surface area contributed by atoms with Crippen LogP contribution in [0.15, 0.2) is 24.3 Å². The molecule has 0 spiro atoms. The molecule has 0 atom stereocenters. The molecule has 0 amide bonds. The highest BCUT2D eigenvalue weighted by Crippen LogP contribution is 2.17. The molecule has 0 aliphatic carbocycles. The van der Waals surface area contributed by atoms with Crippen LogP contribution >= 0.6 is 11.6 Å². The van der Waals surface area contributed by atoms with Crippen molar-refractivity contribution in [1.29, 1.82) is 0 Å². The summed E-state index contributed by atoms with van der Waals surface area (Å²) in [4.78, 5) is 2.49. The van der Waals surface area contributed by atoms with Crippen molar-refractivity contribution < 1.29 is 5.11 Å². The Bertz CT molecular complexity index is 331. The van der Waals surface area contributed by atoms with Crippen LogP contribution in [-0.2, 0) is 6.42 Å². The summed E-state index contributed by atoms with van der Waals surface area (Å²) >= 11 is 5.86. The zero-order chi connectivity index (χ0) is 12.1. The van der Waals surface area contributed by atoms with E-state index >= 15 is 0 Å². The number of piperidine rings is 1. The van der Waals surface area contributed by atoms with Gasteiger partial charge < -0.3 is 10.0 Å². The Morgan fingerprint density at radius 3 is 2.41 bits per heavy atom. The number of likely N-dealkylation sites (tertiary alicyclic amines) is 1. The molecule has 94 valence electrons. The lowest BCUT2D eigenvalue weighted by Crippen LogP contribution is -2.36. The summed E-state index contributed by atoms with van der Waals surface area (Å²) in [6.45, 7) is 3.71. The fraction of sp³-hybridized carbons (Fsp3) is 0.571. The largest absolute Gasteiger partial charge is 0.396 e.